The third-order valence-corrected chi connectivity index (χ3v) is 7.20. The zero-order valence-corrected chi connectivity index (χ0v) is 15.8. The number of benzene rings is 1. The first kappa shape index (κ1) is 16.6. The molecular weight excluding hydrogens is 332 g/mol. The molecule has 0 aliphatic heterocycles. The van der Waals surface area contributed by atoms with Crippen molar-refractivity contribution >= 4 is 15.9 Å². The van der Waals surface area contributed by atoms with Crippen molar-refractivity contribution in [2.24, 2.45) is 5.41 Å². The van der Waals surface area contributed by atoms with Crippen LogP contribution in [0, 0.1) is 5.41 Å². The fourth-order valence-corrected chi connectivity index (χ4v) is 5.24. The lowest BCUT2D eigenvalue weighted by Crippen LogP contribution is -2.44. The van der Waals surface area contributed by atoms with Crippen molar-refractivity contribution in [3.63, 3.8) is 0 Å². The van der Waals surface area contributed by atoms with Crippen LogP contribution in [0.25, 0.3) is 0 Å². The van der Waals surface area contributed by atoms with Crippen LogP contribution in [0.4, 0.5) is 0 Å². The number of rotatable bonds is 7. The number of fused-ring (bicyclic) bond motifs is 3. The van der Waals surface area contributed by atoms with E-state index in [4.69, 9.17) is 0 Å². The number of hydrogen-bond donors (Lipinski definition) is 0. The van der Waals surface area contributed by atoms with Crippen molar-refractivity contribution in [3.05, 3.63) is 34.3 Å². The number of halogens is 1. The van der Waals surface area contributed by atoms with Gasteiger partial charge in [-0.1, -0.05) is 67.1 Å². The Hall–Kier alpha value is -0.300. The van der Waals surface area contributed by atoms with Crippen molar-refractivity contribution in [2.75, 3.05) is 0 Å². The zero-order valence-electron chi connectivity index (χ0n) is 14.2. The number of unbranched alkanes of at least 4 members (excludes halogenated alkanes) is 4. The lowest BCUT2D eigenvalue weighted by Gasteiger charge is -2.54. The molecule has 3 saturated carbocycles. The van der Waals surface area contributed by atoms with Gasteiger partial charge in [-0.3, -0.25) is 0 Å². The molecule has 122 valence electrons. The van der Waals surface area contributed by atoms with E-state index in [0.29, 0.717) is 5.41 Å². The summed E-state index contributed by atoms with van der Waals surface area (Å²) in [5.41, 5.74) is 2.85. The molecule has 0 atom stereocenters. The second-order valence-corrected chi connectivity index (χ2v) is 8.87. The van der Waals surface area contributed by atoms with Crippen LogP contribution in [0.3, 0.4) is 0 Å². The summed E-state index contributed by atoms with van der Waals surface area (Å²) in [5.74, 6) is 0. The fourth-order valence-electron chi connectivity index (χ4n) is 4.98. The topological polar surface area (TPSA) is 0 Å². The van der Waals surface area contributed by atoms with Crippen molar-refractivity contribution in [3.8, 4) is 0 Å². The first-order valence-corrected chi connectivity index (χ1v) is 10.2. The van der Waals surface area contributed by atoms with Gasteiger partial charge >= 0.3 is 0 Å². The Morgan fingerprint density at radius 1 is 0.818 bits per heavy atom. The van der Waals surface area contributed by atoms with Gasteiger partial charge in [-0.25, -0.2) is 0 Å². The molecule has 3 aliphatic carbocycles. The molecule has 1 aromatic rings. The highest BCUT2D eigenvalue weighted by Crippen LogP contribution is 2.59. The highest BCUT2D eigenvalue weighted by molar-refractivity contribution is 9.10. The normalized spacial score (nSPS) is 30.6. The van der Waals surface area contributed by atoms with Gasteiger partial charge in [-0.2, -0.15) is 0 Å². The molecule has 0 spiro atoms. The average molecular weight is 363 g/mol. The molecule has 0 aromatic heterocycles. The second kappa shape index (κ2) is 7.07. The van der Waals surface area contributed by atoms with Gasteiger partial charge in [0, 0.05) is 4.47 Å². The van der Waals surface area contributed by atoms with Gasteiger partial charge < -0.3 is 0 Å². The molecule has 2 bridgehead atoms. The van der Waals surface area contributed by atoms with E-state index < -0.39 is 0 Å². The molecular formula is C21H31Br. The molecule has 0 saturated heterocycles. The summed E-state index contributed by atoms with van der Waals surface area (Å²) in [5, 5.41) is 0. The Balaban J connectivity index is 1.56. The highest BCUT2D eigenvalue weighted by Gasteiger charge is 2.48. The molecule has 1 aromatic carbocycles. The molecule has 0 radical (unpaired) electrons. The minimum Gasteiger partial charge on any atom is -0.0654 e. The molecule has 0 nitrogen and oxygen atoms in total. The monoisotopic (exact) mass is 362 g/mol. The predicted octanol–water partition coefficient (Wildman–Crippen LogP) is 7.40. The maximum atomic E-state index is 3.57. The van der Waals surface area contributed by atoms with Gasteiger partial charge in [-0.05, 0) is 73.5 Å². The summed E-state index contributed by atoms with van der Waals surface area (Å²) < 4.78 is 1.21. The maximum absolute atomic E-state index is 3.57. The van der Waals surface area contributed by atoms with Gasteiger partial charge in [0.25, 0.3) is 0 Å². The molecule has 1 heteroatoms. The smallest absolute Gasteiger partial charge is 0.0175 e. The van der Waals surface area contributed by atoms with E-state index in [1.165, 1.54) is 81.5 Å². The van der Waals surface area contributed by atoms with E-state index in [2.05, 4.69) is 47.1 Å². The van der Waals surface area contributed by atoms with Crippen LogP contribution in [0.1, 0.15) is 89.5 Å². The van der Waals surface area contributed by atoms with E-state index in [-0.39, 0.29) is 0 Å². The molecule has 0 heterocycles. The van der Waals surface area contributed by atoms with Crippen LogP contribution < -0.4 is 0 Å². The lowest BCUT2D eigenvalue weighted by molar-refractivity contribution is 0.0304. The van der Waals surface area contributed by atoms with Crippen molar-refractivity contribution in [1.29, 1.82) is 0 Å². The minimum atomic E-state index is 0.519. The van der Waals surface area contributed by atoms with Crippen LogP contribution in [0.15, 0.2) is 28.7 Å². The van der Waals surface area contributed by atoms with E-state index in [1.807, 2.05) is 0 Å². The Morgan fingerprint density at radius 2 is 1.41 bits per heavy atom. The molecule has 0 amide bonds. The molecule has 0 unspecified atom stereocenters. The average Bonchev–Trinajstić information content (AvgIpc) is 2.57. The molecule has 4 rings (SSSR count). The van der Waals surface area contributed by atoms with Gasteiger partial charge in [0.15, 0.2) is 0 Å². The van der Waals surface area contributed by atoms with Crippen molar-refractivity contribution in [2.45, 2.75) is 89.4 Å². The van der Waals surface area contributed by atoms with Gasteiger partial charge in [0.2, 0.25) is 0 Å². The lowest BCUT2D eigenvalue weighted by atomic mass is 9.51. The third-order valence-electron chi connectivity index (χ3n) is 6.67. The summed E-state index contributed by atoms with van der Waals surface area (Å²) in [7, 11) is 0. The van der Waals surface area contributed by atoms with E-state index in [9.17, 15) is 0 Å². The summed E-state index contributed by atoms with van der Waals surface area (Å²) >= 11 is 3.57. The minimum absolute atomic E-state index is 0.519. The van der Waals surface area contributed by atoms with Crippen molar-refractivity contribution in [1.82, 2.24) is 0 Å². The maximum Gasteiger partial charge on any atom is 0.0175 e. The first-order chi connectivity index (χ1) is 10.7. The summed E-state index contributed by atoms with van der Waals surface area (Å²) in [6.45, 7) is 2.31. The van der Waals surface area contributed by atoms with E-state index in [0.717, 1.165) is 5.41 Å². The van der Waals surface area contributed by atoms with Crippen LogP contribution in [-0.4, -0.2) is 0 Å². The molecule has 22 heavy (non-hydrogen) atoms. The van der Waals surface area contributed by atoms with Gasteiger partial charge in [-0.15, -0.1) is 0 Å². The van der Waals surface area contributed by atoms with Crippen LogP contribution in [0.2, 0.25) is 0 Å². The van der Waals surface area contributed by atoms with Crippen LogP contribution in [0.5, 0.6) is 0 Å². The summed E-state index contributed by atoms with van der Waals surface area (Å²) in [4.78, 5) is 0. The Kier molecular flexibility index (Phi) is 5.32. The largest absolute Gasteiger partial charge is 0.0654 e. The highest BCUT2D eigenvalue weighted by atomic mass is 79.9. The summed E-state index contributed by atoms with van der Waals surface area (Å²) in [6, 6.07) is 9.20. The Labute approximate surface area is 145 Å². The van der Waals surface area contributed by atoms with Gasteiger partial charge in [0.1, 0.15) is 0 Å². The van der Waals surface area contributed by atoms with Crippen LogP contribution in [-0.2, 0) is 5.41 Å². The predicted molar refractivity (Wildman–Crippen MR) is 99.3 cm³/mol. The fraction of sp³-hybridized carbons (Fsp3) is 0.714. The third kappa shape index (κ3) is 3.45. The second-order valence-electron chi connectivity index (χ2n) is 7.95. The summed E-state index contributed by atoms with van der Waals surface area (Å²) in [6.07, 6.45) is 17.4. The standard InChI is InChI=1S/C21H31Br/c1-2-3-4-5-6-11-20-12-15-21(16-13-20,17-14-20)18-7-9-19(22)10-8-18/h7-10H,2-6,11-17H2,1H3. The SMILES string of the molecule is CCCCCCCC12CCC(c3ccc(Br)cc3)(CC1)CC2. The van der Waals surface area contributed by atoms with E-state index >= 15 is 0 Å². The van der Waals surface area contributed by atoms with Gasteiger partial charge in [0.05, 0.1) is 0 Å². The first-order valence-electron chi connectivity index (χ1n) is 9.44. The van der Waals surface area contributed by atoms with Crippen molar-refractivity contribution < 1.29 is 0 Å². The Bertz CT molecular complexity index is 449. The van der Waals surface area contributed by atoms with E-state index in [1.54, 1.807) is 5.56 Å². The molecule has 3 fully saturated rings. The molecule has 3 aliphatic rings. The molecule has 0 N–H and O–H groups in total. The van der Waals surface area contributed by atoms with Crippen LogP contribution >= 0.6 is 15.9 Å². The number of hydrogen-bond acceptors (Lipinski definition) is 0. The quantitative estimate of drug-likeness (QED) is 0.443. The zero-order chi connectivity index (χ0) is 15.5. The Morgan fingerprint density at radius 3 is 2.00 bits per heavy atom.